The van der Waals surface area contributed by atoms with Gasteiger partial charge in [-0.3, -0.25) is 9.98 Å². The van der Waals surface area contributed by atoms with Crippen molar-refractivity contribution in [2.75, 3.05) is 26.7 Å². The van der Waals surface area contributed by atoms with E-state index in [0.29, 0.717) is 13.2 Å². The van der Waals surface area contributed by atoms with Gasteiger partial charge >= 0.3 is 0 Å². The average molecular weight is 376 g/mol. The van der Waals surface area contributed by atoms with Crippen molar-refractivity contribution in [2.24, 2.45) is 4.99 Å². The maximum Gasteiger partial charge on any atom is 0.191 e. The van der Waals surface area contributed by atoms with Crippen molar-refractivity contribution in [2.45, 2.75) is 12.5 Å². The van der Waals surface area contributed by atoms with Gasteiger partial charge in [0.25, 0.3) is 0 Å². The zero-order valence-electron chi connectivity index (χ0n) is 15.9. The van der Waals surface area contributed by atoms with Crippen molar-refractivity contribution >= 4 is 16.9 Å². The Bertz CT molecular complexity index is 968. The van der Waals surface area contributed by atoms with Gasteiger partial charge in [0.2, 0.25) is 0 Å². The lowest BCUT2D eigenvalue weighted by atomic mass is 10.1. The fourth-order valence-electron chi connectivity index (χ4n) is 3.28. The second-order valence-corrected chi connectivity index (χ2v) is 6.62. The highest BCUT2D eigenvalue weighted by Crippen LogP contribution is 2.30. The number of aliphatic imine (C=N–C) groups is 1. The van der Waals surface area contributed by atoms with Gasteiger partial charge in [-0.2, -0.15) is 0 Å². The Morgan fingerprint density at radius 2 is 1.93 bits per heavy atom. The molecule has 4 rings (SSSR count). The van der Waals surface area contributed by atoms with Crippen LogP contribution < -0.4 is 20.1 Å². The minimum absolute atomic E-state index is 0.0595. The molecule has 0 aliphatic carbocycles. The molecule has 1 aliphatic heterocycles. The van der Waals surface area contributed by atoms with Gasteiger partial charge in [0, 0.05) is 25.2 Å². The van der Waals surface area contributed by atoms with E-state index in [-0.39, 0.29) is 6.10 Å². The summed E-state index contributed by atoms with van der Waals surface area (Å²) in [5, 5.41) is 7.83. The molecular formula is C22H24N4O2. The number of ether oxygens (including phenoxy) is 2. The summed E-state index contributed by atoms with van der Waals surface area (Å²) in [7, 11) is 1.77. The average Bonchev–Trinajstić information content (AvgIpc) is 2.76. The first kappa shape index (κ1) is 18.1. The molecule has 1 aliphatic rings. The highest BCUT2D eigenvalue weighted by Gasteiger charge is 2.20. The summed E-state index contributed by atoms with van der Waals surface area (Å²) in [6.07, 6.45) is 2.64. The van der Waals surface area contributed by atoms with Crippen LogP contribution in [0, 0.1) is 0 Å². The predicted molar refractivity (Wildman–Crippen MR) is 111 cm³/mol. The molecule has 2 N–H and O–H groups in total. The van der Waals surface area contributed by atoms with E-state index in [1.807, 2.05) is 36.5 Å². The van der Waals surface area contributed by atoms with Crippen LogP contribution in [-0.2, 0) is 6.42 Å². The normalized spacial score (nSPS) is 16.0. The Morgan fingerprint density at radius 3 is 2.82 bits per heavy atom. The lowest BCUT2D eigenvalue weighted by Gasteiger charge is -2.27. The number of guanidine groups is 1. The molecule has 0 amide bonds. The van der Waals surface area contributed by atoms with Crippen LogP contribution in [0.15, 0.2) is 65.8 Å². The van der Waals surface area contributed by atoms with Crippen LogP contribution in [0.3, 0.4) is 0 Å². The van der Waals surface area contributed by atoms with Crippen LogP contribution in [0.1, 0.15) is 5.56 Å². The predicted octanol–water partition coefficient (Wildman–Crippen LogP) is 2.78. The number of nitrogens with zero attached hydrogens (tertiary/aromatic N) is 2. The van der Waals surface area contributed by atoms with Crippen molar-refractivity contribution in [3.05, 3.63) is 66.4 Å². The van der Waals surface area contributed by atoms with Crippen LogP contribution in [0.4, 0.5) is 0 Å². The minimum Gasteiger partial charge on any atom is -0.486 e. The number of rotatable bonds is 5. The highest BCUT2D eigenvalue weighted by molar-refractivity contribution is 5.82. The lowest BCUT2D eigenvalue weighted by molar-refractivity contribution is 0.0936. The van der Waals surface area contributed by atoms with E-state index in [9.17, 15) is 0 Å². The maximum absolute atomic E-state index is 5.97. The molecule has 144 valence electrons. The quantitative estimate of drug-likeness (QED) is 0.529. The Kier molecular flexibility index (Phi) is 5.56. The number of benzene rings is 2. The lowest BCUT2D eigenvalue weighted by Crippen LogP contribution is -2.45. The topological polar surface area (TPSA) is 67.8 Å². The summed E-state index contributed by atoms with van der Waals surface area (Å²) in [6, 6.07) is 18.1. The Balaban J connectivity index is 1.27. The van der Waals surface area contributed by atoms with E-state index in [1.54, 1.807) is 7.05 Å². The molecule has 1 unspecified atom stereocenters. The fourth-order valence-corrected chi connectivity index (χ4v) is 3.28. The van der Waals surface area contributed by atoms with Crippen LogP contribution in [-0.4, -0.2) is 43.8 Å². The van der Waals surface area contributed by atoms with E-state index < -0.39 is 0 Å². The van der Waals surface area contributed by atoms with Gasteiger partial charge in [-0.1, -0.05) is 36.4 Å². The maximum atomic E-state index is 5.97. The summed E-state index contributed by atoms with van der Waals surface area (Å²) >= 11 is 0. The first-order valence-electron chi connectivity index (χ1n) is 9.49. The second kappa shape index (κ2) is 8.61. The molecule has 2 heterocycles. The summed E-state index contributed by atoms with van der Waals surface area (Å²) in [4.78, 5) is 8.80. The van der Waals surface area contributed by atoms with Gasteiger partial charge in [-0.25, -0.2) is 0 Å². The first-order chi connectivity index (χ1) is 13.8. The molecule has 2 aromatic carbocycles. The van der Waals surface area contributed by atoms with Gasteiger partial charge in [-0.05, 0) is 30.2 Å². The van der Waals surface area contributed by atoms with E-state index in [1.165, 1.54) is 5.56 Å². The van der Waals surface area contributed by atoms with E-state index in [0.717, 1.165) is 41.3 Å². The molecule has 0 radical (unpaired) electrons. The summed E-state index contributed by atoms with van der Waals surface area (Å²) < 4.78 is 11.7. The van der Waals surface area contributed by atoms with Gasteiger partial charge < -0.3 is 20.1 Å². The standard InChI is InChI=1S/C22H24N4O2/c1-23-22(26-14-18-15-27-19-9-2-3-10-20(19)28-18)25-13-11-17-7-4-6-16-8-5-12-24-21(16)17/h2-10,12,18H,11,13-15H2,1H3,(H2,23,25,26). The molecule has 1 aromatic heterocycles. The molecule has 6 heteroatoms. The number of aromatic nitrogens is 1. The monoisotopic (exact) mass is 376 g/mol. The number of fused-ring (bicyclic) bond motifs is 2. The van der Waals surface area contributed by atoms with Crippen LogP contribution in [0.25, 0.3) is 10.9 Å². The summed E-state index contributed by atoms with van der Waals surface area (Å²) in [5.74, 6) is 2.33. The third kappa shape index (κ3) is 4.17. The van der Waals surface area contributed by atoms with Crippen molar-refractivity contribution in [1.29, 1.82) is 0 Å². The molecular weight excluding hydrogens is 352 g/mol. The van der Waals surface area contributed by atoms with Gasteiger partial charge in [0.15, 0.2) is 17.5 Å². The largest absolute Gasteiger partial charge is 0.486 e. The molecule has 6 nitrogen and oxygen atoms in total. The SMILES string of the molecule is CN=C(NCCc1cccc2cccnc12)NCC1COc2ccccc2O1. The molecule has 3 aromatic rings. The Hall–Kier alpha value is -3.28. The smallest absolute Gasteiger partial charge is 0.191 e. The molecule has 0 spiro atoms. The molecule has 1 atom stereocenters. The molecule has 0 saturated heterocycles. The molecule has 0 bridgehead atoms. The minimum atomic E-state index is -0.0595. The van der Waals surface area contributed by atoms with Gasteiger partial charge in [-0.15, -0.1) is 0 Å². The summed E-state index contributed by atoms with van der Waals surface area (Å²) in [5.41, 5.74) is 2.28. The van der Waals surface area contributed by atoms with E-state index in [2.05, 4.69) is 44.9 Å². The summed E-state index contributed by atoms with van der Waals surface area (Å²) in [6.45, 7) is 1.90. The Morgan fingerprint density at radius 1 is 1.07 bits per heavy atom. The van der Waals surface area contributed by atoms with Crippen LogP contribution >= 0.6 is 0 Å². The van der Waals surface area contributed by atoms with Gasteiger partial charge in [0.1, 0.15) is 12.7 Å². The van der Waals surface area contributed by atoms with E-state index >= 15 is 0 Å². The number of pyridine rings is 1. The van der Waals surface area contributed by atoms with Crippen LogP contribution in [0.5, 0.6) is 11.5 Å². The fraction of sp³-hybridized carbons (Fsp3) is 0.273. The third-order valence-corrected chi connectivity index (χ3v) is 4.69. The number of para-hydroxylation sites is 3. The number of hydrogen-bond acceptors (Lipinski definition) is 4. The number of hydrogen-bond donors (Lipinski definition) is 2. The molecule has 0 saturated carbocycles. The highest BCUT2D eigenvalue weighted by atomic mass is 16.6. The second-order valence-electron chi connectivity index (χ2n) is 6.62. The Labute approximate surface area is 164 Å². The van der Waals surface area contributed by atoms with Crippen molar-refractivity contribution in [1.82, 2.24) is 15.6 Å². The zero-order valence-corrected chi connectivity index (χ0v) is 15.9. The molecule has 0 fully saturated rings. The van der Waals surface area contributed by atoms with E-state index in [4.69, 9.17) is 9.47 Å². The van der Waals surface area contributed by atoms with Crippen molar-refractivity contribution < 1.29 is 9.47 Å². The van der Waals surface area contributed by atoms with Crippen molar-refractivity contribution in [3.63, 3.8) is 0 Å². The zero-order chi connectivity index (χ0) is 19.2. The number of nitrogens with one attached hydrogen (secondary N) is 2. The van der Waals surface area contributed by atoms with Crippen LogP contribution in [0.2, 0.25) is 0 Å². The van der Waals surface area contributed by atoms with Crippen molar-refractivity contribution in [3.8, 4) is 11.5 Å². The first-order valence-corrected chi connectivity index (χ1v) is 9.49. The van der Waals surface area contributed by atoms with Gasteiger partial charge in [0.05, 0.1) is 12.1 Å². The third-order valence-electron chi connectivity index (χ3n) is 4.69. The molecule has 28 heavy (non-hydrogen) atoms.